The zero-order chi connectivity index (χ0) is 22.5. The maximum Gasteiger partial charge on any atom is 0.325 e. The summed E-state index contributed by atoms with van der Waals surface area (Å²) in [6.07, 6.45) is 0. The third-order valence-corrected chi connectivity index (χ3v) is 5.97. The van der Waals surface area contributed by atoms with E-state index in [1.165, 1.54) is 4.90 Å². The van der Waals surface area contributed by atoms with Crippen LogP contribution in [0.1, 0.15) is 12.5 Å². The van der Waals surface area contributed by atoms with Gasteiger partial charge in [-0.3, -0.25) is 24.2 Å². The van der Waals surface area contributed by atoms with Crippen LogP contribution in [-0.4, -0.2) is 41.7 Å². The quantitative estimate of drug-likeness (QED) is 0.627. The Morgan fingerprint density at radius 3 is 2.53 bits per heavy atom. The molecule has 0 spiro atoms. The minimum absolute atomic E-state index is 0.180. The highest BCUT2D eigenvalue weighted by atomic mass is 16.2. The van der Waals surface area contributed by atoms with Crippen molar-refractivity contribution in [2.75, 3.05) is 23.3 Å². The van der Waals surface area contributed by atoms with Crippen molar-refractivity contribution in [2.45, 2.75) is 12.5 Å². The van der Waals surface area contributed by atoms with Gasteiger partial charge in [0.15, 0.2) is 0 Å². The molecule has 2 N–H and O–H groups in total. The molecule has 3 aromatic carbocycles. The predicted octanol–water partition coefficient (Wildman–Crippen LogP) is 2.59. The van der Waals surface area contributed by atoms with Gasteiger partial charge in [0.2, 0.25) is 11.8 Å². The van der Waals surface area contributed by atoms with Gasteiger partial charge >= 0.3 is 6.03 Å². The SMILES string of the molecule is C[C@@]1(c2cccc3ccccc23)NC(=O)N(CC(=O)N2CC(=O)Nc3ccccc32)C1=O. The highest BCUT2D eigenvalue weighted by Crippen LogP contribution is 2.34. The van der Waals surface area contributed by atoms with Gasteiger partial charge in [0, 0.05) is 0 Å². The number of anilines is 2. The number of para-hydroxylation sites is 2. The lowest BCUT2D eigenvalue weighted by Gasteiger charge is -2.30. The molecular weight excluding hydrogens is 408 g/mol. The van der Waals surface area contributed by atoms with Crippen LogP contribution in [0, 0.1) is 0 Å². The van der Waals surface area contributed by atoms with Crippen molar-refractivity contribution in [3.05, 3.63) is 72.3 Å². The maximum absolute atomic E-state index is 13.4. The number of rotatable bonds is 3. The molecule has 1 fully saturated rings. The van der Waals surface area contributed by atoms with Gasteiger partial charge < -0.3 is 10.6 Å². The zero-order valence-electron chi connectivity index (χ0n) is 17.3. The molecule has 2 heterocycles. The van der Waals surface area contributed by atoms with Gasteiger partial charge in [-0.2, -0.15) is 0 Å². The third-order valence-electron chi connectivity index (χ3n) is 5.97. The van der Waals surface area contributed by atoms with Crippen LogP contribution in [0.15, 0.2) is 66.7 Å². The van der Waals surface area contributed by atoms with Crippen molar-refractivity contribution in [3.8, 4) is 0 Å². The molecule has 0 bridgehead atoms. The Hall–Kier alpha value is -4.20. The molecule has 2 aliphatic rings. The van der Waals surface area contributed by atoms with Gasteiger partial charge in [-0.25, -0.2) is 4.79 Å². The van der Waals surface area contributed by atoms with E-state index in [0.29, 0.717) is 16.9 Å². The highest BCUT2D eigenvalue weighted by molar-refractivity contribution is 6.14. The summed E-state index contributed by atoms with van der Waals surface area (Å²) in [6.45, 7) is 0.996. The molecule has 5 rings (SSSR count). The van der Waals surface area contributed by atoms with E-state index in [4.69, 9.17) is 0 Å². The summed E-state index contributed by atoms with van der Waals surface area (Å²) in [6, 6.07) is 19.4. The maximum atomic E-state index is 13.4. The second-order valence-corrected chi connectivity index (χ2v) is 8.02. The Kier molecular flexibility index (Phi) is 4.44. The zero-order valence-corrected chi connectivity index (χ0v) is 17.3. The number of nitrogens with one attached hydrogen (secondary N) is 2. The Labute approximate surface area is 183 Å². The van der Waals surface area contributed by atoms with Crippen molar-refractivity contribution in [1.82, 2.24) is 10.2 Å². The van der Waals surface area contributed by atoms with Gasteiger partial charge in [-0.15, -0.1) is 0 Å². The van der Waals surface area contributed by atoms with E-state index in [9.17, 15) is 19.2 Å². The van der Waals surface area contributed by atoms with E-state index in [1.807, 2.05) is 36.4 Å². The van der Waals surface area contributed by atoms with Crippen molar-refractivity contribution >= 4 is 45.9 Å². The number of fused-ring (bicyclic) bond motifs is 2. The van der Waals surface area contributed by atoms with E-state index in [-0.39, 0.29) is 12.5 Å². The Bertz CT molecular complexity index is 1300. The molecular formula is C24H20N4O4. The number of hydrogen-bond acceptors (Lipinski definition) is 4. The van der Waals surface area contributed by atoms with Crippen LogP contribution in [0.4, 0.5) is 16.2 Å². The summed E-state index contributed by atoms with van der Waals surface area (Å²) in [5.74, 6) is -1.37. The minimum Gasteiger partial charge on any atom is -0.323 e. The second-order valence-electron chi connectivity index (χ2n) is 8.02. The summed E-state index contributed by atoms with van der Waals surface area (Å²) in [7, 11) is 0. The molecule has 0 unspecified atom stereocenters. The molecule has 1 saturated heterocycles. The average Bonchev–Trinajstić information content (AvgIpc) is 3.01. The number of carbonyl (C=O) groups excluding carboxylic acids is 4. The minimum atomic E-state index is -1.31. The van der Waals surface area contributed by atoms with Crippen LogP contribution in [0.5, 0.6) is 0 Å². The van der Waals surface area contributed by atoms with Crippen molar-refractivity contribution < 1.29 is 19.2 Å². The first-order chi connectivity index (χ1) is 15.4. The molecule has 0 radical (unpaired) electrons. The fourth-order valence-electron chi connectivity index (χ4n) is 4.36. The van der Waals surface area contributed by atoms with E-state index in [2.05, 4.69) is 10.6 Å². The van der Waals surface area contributed by atoms with Crippen LogP contribution in [0.2, 0.25) is 0 Å². The van der Waals surface area contributed by atoms with Crippen molar-refractivity contribution in [1.29, 1.82) is 0 Å². The van der Waals surface area contributed by atoms with E-state index in [1.54, 1.807) is 37.3 Å². The van der Waals surface area contributed by atoms with E-state index < -0.39 is 29.9 Å². The predicted molar refractivity (Wildman–Crippen MR) is 119 cm³/mol. The largest absolute Gasteiger partial charge is 0.325 e. The number of hydrogen-bond donors (Lipinski definition) is 2. The number of nitrogens with zero attached hydrogens (tertiary/aromatic N) is 2. The molecule has 1 atom stereocenters. The van der Waals surface area contributed by atoms with Crippen LogP contribution >= 0.6 is 0 Å². The molecule has 8 heteroatoms. The molecule has 160 valence electrons. The topological polar surface area (TPSA) is 98.8 Å². The molecule has 0 saturated carbocycles. The smallest absolute Gasteiger partial charge is 0.323 e. The number of imide groups is 1. The van der Waals surface area contributed by atoms with Crippen molar-refractivity contribution in [2.24, 2.45) is 0 Å². The Morgan fingerprint density at radius 2 is 1.69 bits per heavy atom. The van der Waals surface area contributed by atoms with Crippen LogP contribution < -0.4 is 15.5 Å². The first-order valence-corrected chi connectivity index (χ1v) is 10.2. The van der Waals surface area contributed by atoms with Crippen LogP contribution in [-0.2, 0) is 19.9 Å². The van der Waals surface area contributed by atoms with Gasteiger partial charge in [-0.05, 0) is 35.4 Å². The lowest BCUT2D eigenvalue weighted by atomic mass is 9.88. The van der Waals surface area contributed by atoms with Gasteiger partial charge in [0.1, 0.15) is 18.6 Å². The molecule has 0 aromatic heterocycles. The van der Waals surface area contributed by atoms with Crippen molar-refractivity contribution in [3.63, 3.8) is 0 Å². The Balaban J connectivity index is 1.45. The molecule has 3 aromatic rings. The lowest BCUT2D eigenvalue weighted by Crippen LogP contribution is -2.48. The molecule has 32 heavy (non-hydrogen) atoms. The molecule has 0 aliphatic carbocycles. The summed E-state index contributed by atoms with van der Waals surface area (Å²) >= 11 is 0. The fraction of sp³-hybridized carbons (Fsp3) is 0.167. The second kappa shape index (κ2) is 7.19. The molecule has 5 amide bonds. The number of carbonyl (C=O) groups is 4. The normalized spacial score (nSPS) is 20.2. The molecule has 8 nitrogen and oxygen atoms in total. The van der Waals surface area contributed by atoms with Gasteiger partial charge in [0.05, 0.1) is 11.4 Å². The first kappa shape index (κ1) is 19.7. The Morgan fingerprint density at radius 1 is 0.969 bits per heavy atom. The lowest BCUT2D eigenvalue weighted by molar-refractivity contribution is -0.134. The summed E-state index contributed by atoms with van der Waals surface area (Å²) in [5, 5.41) is 7.27. The summed E-state index contributed by atoms with van der Waals surface area (Å²) in [5.41, 5.74) is 0.387. The molecule has 2 aliphatic heterocycles. The fourth-order valence-corrected chi connectivity index (χ4v) is 4.36. The first-order valence-electron chi connectivity index (χ1n) is 10.2. The highest BCUT2D eigenvalue weighted by Gasteiger charge is 2.50. The average molecular weight is 428 g/mol. The standard InChI is InChI=1S/C24H20N4O4/c1-24(17-10-6-8-15-7-2-3-9-16(15)17)22(31)28(23(32)26-24)14-21(30)27-13-20(29)25-18-11-4-5-12-19(18)27/h2-12H,13-14H2,1H3,(H,25,29)(H,26,32)/t24-/m0/s1. The van der Waals surface area contributed by atoms with E-state index in [0.717, 1.165) is 15.7 Å². The summed E-state index contributed by atoms with van der Waals surface area (Å²) < 4.78 is 0. The summed E-state index contributed by atoms with van der Waals surface area (Å²) in [4.78, 5) is 53.5. The number of urea groups is 1. The third kappa shape index (κ3) is 2.99. The monoisotopic (exact) mass is 428 g/mol. The van der Waals surface area contributed by atoms with Crippen LogP contribution in [0.3, 0.4) is 0 Å². The number of benzene rings is 3. The number of amides is 5. The van der Waals surface area contributed by atoms with E-state index >= 15 is 0 Å². The van der Waals surface area contributed by atoms with Gasteiger partial charge in [0.25, 0.3) is 5.91 Å². The van der Waals surface area contributed by atoms with Crippen LogP contribution in [0.25, 0.3) is 10.8 Å². The van der Waals surface area contributed by atoms with Gasteiger partial charge in [-0.1, -0.05) is 54.6 Å².